The second-order valence-corrected chi connectivity index (χ2v) is 2.48. The summed E-state index contributed by atoms with van der Waals surface area (Å²) in [6.07, 6.45) is -2.29. The second-order valence-electron chi connectivity index (χ2n) is 2.48. The molecule has 74 valence electrons. The molecule has 0 aliphatic rings. The van der Waals surface area contributed by atoms with E-state index in [1.165, 1.54) is 0 Å². The van der Waals surface area contributed by atoms with Crippen molar-refractivity contribution in [3.63, 3.8) is 0 Å². The number of hydrogen-bond donors (Lipinski definition) is 4. The van der Waals surface area contributed by atoms with Gasteiger partial charge in [0.25, 0.3) is 0 Å². The van der Waals surface area contributed by atoms with E-state index in [4.69, 9.17) is 20.4 Å². The molecule has 0 heterocycles. The van der Waals surface area contributed by atoms with Crippen LogP contribution in [0.2, 0.25) is 0 Å². The third-order valence-electron chi connectivity index (χ3n) is 1.29. The van der Waals surface area contributed by atoms with Gasteiger partial charge >= 0.3 is 17.9 Å². The topological polar surface area (TPSA) is 132 Å². The molecular formula is C6H8O7. The molecule has 0 aliphatic heterocycles. The minimum Gasteiger partial charge on any atom is -0.481 e. The molecule has 0 amide bonds. The first kappa shape index (κ1) is 11.4. The number of rotatable bonds is 5. The van der Waals surface area contributed by atoms with E-state index >= 15 is 0 Å². The zero-order chi connectivity index (χ0) is 10.6. The maximum absolute atomic E-state index is 10.3. The molecule has 0 fully saturated rings. The van der Waals surface area contributed by atoms with E-state index in [1.54, 1.807) is 0 Å². The van der Waals surface area contributed by atoms with Crippen molar-refractivity contribution in [2.24, 2.45) is 0 Å². The fourth-order valence-electron chi connectivity index (χ4n) is 0.714. The summed E-state index contributed by atoms with van der Waals surface area (Å²) in [6, 6.07) is 0. The van der Waals surface area contributed by atoms with Gasteiger partial charge in [0.15, 0.2) is 5.60 Å². The summed E-state index contributed by atoms with van der Waals surface area (Å²) in [5.74, 6) is -5.02. The Labute approximate surface area is 72.2 Å². The van der Waals surface area contributed by atoms with Gasteiger partial charge in [-0.1, -0.05) is 0 Å². The lowest BCUT2D eigenvalue weighted by Gasteiger charge is -2.18. The van der Waals surface area contributed by atoms with Gasteiger partial charge in [0, 0.05) is 0 Å². The molecule has 0 rings (SSSR count). The third kappa shape index (κ3) is 3.52. The van der Waals surface area contributed by atoms with E-state index in [2.05, 4.69) is 0 Å². The van der Waals surface area contributed by atoms with Crippen molar-refractivity contribution >= 4 is 17.9 Å². The maximum Gasteiger partial charge on any atom is 0.336 e. The predicted molar refractivity (Wildman–Crippen MR) is 37.1 cm³/mol. The fraction of sp³-hybridized carbons (Fsp3) is 0.500. The SMILES string of the molecule is O=C(O)[13CH2][13C](O)(C[13C](=O)O)C(=O)O. The molecule has 4 N–H and O–H groups in total. The molecule has 0 saturated heterocycles. The lowest BCUT2D eigenvalue weighted by atomic mass is 10.5. The van der Waals surface area contributed by atoms with E-state index < -0.39 is 36.4 Å². The highest BCUT2D eigenvalue weighted by Gasteiger charge is 2.40. The Bertz CT molecular complexity index is 227. The minimum atomic E-state index is -2.74. The van der Waals surface area contributed by atoms with Crippen LogP contribution in [0.25, 0.3) is 0 Å². The molecule has 0 aliphatic carbocycles. The minimum absolute atomic E-state index is 1.14. The Hall–Kier alpha value is -1.63. The van der Waals surface area contributed by atoms with Gasteiger partial charge in [-0.3, -0.25) is 9.59 Å². The first-order valence-electron chi connectivity index (χ1n) is 3.17. The van der Waals surface area contributed by atoms with E-state index in [0.717, 1.165) is 0 Å². The molecule has 1 unspecified atom stereocenters. The lowest BCUT2D eigenvalue weighted by Crippen LogP contribution is -2.42. The zero-order valence-electron chi connectivity index (χ0n) is 6.43. The number of aliphatic hydroxyl groups is 1. The molecule has 0 radical (unpaired) electrons. The first-order valence-corrected chi connectivity index (χ1v) is 3.17. The summed E-state index contributed by atoms with van der Waals surface area (Å²) in [6.45, 7) is 0. The van der Waals surface area contributed by atoms with Crippen molar-refractivity contribution in [3.05, 3.63) is 0 Å². The number of aliphatic carboxylic acids is 3. The molecule has 7 heteroatoms. The van der Waals surface area contributed by atoms with Crippen molar-refractivity contribution in [3.8, 4) is 0 Å². The molecular weight excluding hydrogens is 187 g/mol. The van der Waals surface area contributed by atoms with E-state index in [0.29, 0.717) is 0 Å². The molecule has 0 spiro atoms. The van der Waals surface area contributed by atoms with Gasteiger partial charge in [0.2, 0.25) is 0 Å². The average molecular weight is 195 g/mol. The van der Waals surface area contributed by atoms with Crippen molar-refractivity contribution in [2.45, 2.75) is 18.4 Å². The lowest BCUT2D eigenvalue weighted by molar-refractivity contribution is -0.170. The Balaban J connectivity index is 4.62. The van der Waals surface area contributed by atoms with Gasteiger partial charge < -0.3 is 20.4 Å². The highest BCUT2D eigenvalue weighted by molar-refractivity contribution is 5.88. The number of carboxylic acid groups (broad SMARTS) is 3. The standard InChI is InChI=1S/C6H8O7/c7-3(8)1-6(13,5(11)12)2-4(9)10/h13H,1-2H2,(H,7,8)(H,9,10)(H,11,12)/i1+1,4+1,6+1. The summed E-state index contributed by atoms with van der Waals surface area (Å²) in [7, 11) is 0. The van der Waals surface area contributed by atoms with Gasteiger partial charge in [-0.25, -0.2) is 4.79 Å². The Morgan fingerprint density at radius 2 is 1.23 bits per heavy atom. The highest BCUT2D eigenvalue weighted by atomic mass is 16.5. The number of carbonyl (C=O) groups is 3. The van der Waals surface area contributed by atoms with Crippen LogP contribution in [0.15, 0.2) is 0 Å². The summed E-state index contributed by atoms with van der Waals surface area (Å²) < 4.78 is 0. The van der Waals surface area contributed by atoms with Crippen molar-refractivity contribution < 1.29 is 34.8 Å². The highest BCUT2D eigenvalue weighted by Crippen LogP contribution is 2.15. The van der Waals surface area contributed by atoms with Crippen LogP contribution in [0, 0.1) is 0 Å². The first-order chi connectivity index (χ1) is 5.78. The maximum atomic E-state index is 10.3. The van der Waals surface area contributed by atoms with Crippen LogP contribution in [0.5, 0.6) is 0 Å². The van der Waals surface area contributed by atoms with Gasteiger partial charge in [-0.2, -0.15) is 0 Å². The van der Waals surface area contributed by atoms with E-state index in [9.17, 15) is 14.4 Å². The molecule has 7 nitrogen and oxygen atoms in total. The molecule has 0 saturated carbocycles. The Morgan fingerprint density at radius 3 is 1.38 bits per heavy atom. The molecule has 1 atom stereocenters. The van der Waals surface area contributed by atoms with Crippen LogP contribution in [0.1, 0.15) is 12.8 Å². The summed E-state index contributed by atoms with van der Waals surface area (Å²) in [5.41, 5.74) is -2.74. The monoisotopic (exact) mass is 195 g/mol. The molecule has 0 aromatic heterocycles. The van der Waals surface area contributed by atoms with E-state index in [-0.39, 0.29) is 0 Å². The summed E-state index contributed by atoms with van der Waals surface area (Å²) in [5, 5.41) is 33.8. The van der Waals surface area contributed by atoms with Crippen LogP contribution >= 0.6 is 0 Å². The van der Waals surface area contributed by atoms with Crippen LogP contribution in [-0.4, -0.2) is 43.9 Å². The quantitative estimate of drug-likeness (QED) is 0.403. The van der Waals surface area contributed by atoms with Gasteiger partial charge in [-0.05, 0) is 0 Å². The number of hydrogen-bond acceptors (Lipinski definition) is 4. The predicted octanol–water partition coefficient (Wildman–Crippen LogP) is -1.25. The Kier molecular flexibility index (Phi) is 3.37. The van der Waals surface area contributed by atoms with Gasteiger partial charge in [-0.15, -0.1) is 0 Å². The third-order valence-corrected chi connectivity index (χ3v) is 1.29. The van der Waals surface area contributed by atoms with Crippen molar-refractivity contribution in [2.75, 3.05) is 0 Å². The largest absolute Gasteiger partial charge is 0.481 e. The van der Waals surface area contributed by atoms with Crippen LogP contribution in [0.4, 0.5) is 0 Å². The molecule has 13 heavy (non-hydrogen) atoms. The van der Waals surface area contributed by atoms with Gasteiger partial charge in [0.05, 0.1) is 12.8 Å². The molecule has 0 bridgehead atoms. The fourth-order valence-corrected chi connectivity index (χ4v) is 0.714. The normalized spacial score (nSPS) is 14.5. The van der Waals surface area contributed by atoms with Crippen LogP contribution in [-0.2, 0) is 14.4 Å². The smallest absolute Gasteiger partial charge is 0.336 e. The summed E-state index contributed by atoms with van der Waals surface area (Å²) in [4.78, 5) is 30.5. The molecule has 0 aromatic rings. The summed E-state index contributed by atoms with van der Waals surface area (Å²) >= 11 is 0. The van der Waals surface area contributed by atoms with Gasteiger partial charge in [0.1, 0.15) is 0 Å². The number of carboxylic acids is 3. The van der Waals surface area contributed by atoms with Crippen molar-refractivity contribution in [1.29, 1.82) is 0 Å². The molecule has 0 aromatic carbocycles. The second kappa shape index (κ2) is 3.85. The average Bonchev–Trinajstić information content (AvgIpc) is 1.82. The van der Waals surface area contributed by atoms with Crippen LogP contribution in [0.3, 0.4) is 0 Å². The van der Waals surface area contributed by atoms with Crippen molar-refractivity contribution in [1.82, 2.24) is 0 Å². The van der Waals surface area contributed by atoms with Crippen LogP contribution < -0.4 is 0 Å². The van der Waals surface area contributed by atoms with E-state index in [1.807, 2.05) is 0 Å². The Morgan fingerprint density at radius 1 is 0.923 bits per heavy atom. The zero-order valence-corrected chi connectivity index (χ0v) is 6.43.